The molecular weight excluding hydrogens is 399 g/mol. The first-order valence-corrected chi connectivity index (χ1v) is 9.91. The number of benzene rings is 2. The number of fused-ring (bicyclic) bond motifs is 2. The fraction of sp³-hybridized carbons (Fsp3) is 0.150. The second-order valence-electron chi connectivity index (χ2n) is 6.66. The average molecular weight is 413 g/mol. The van der Waals surface area contributed by atoms with Crippen molar-refractivity contribution in [2.75, 3.05) is 5.32 Å². The molecule has 28 heavy (non-hydrogen) atoms. The van der Waals surface area contributed by atoms with Crippen molar-refractivity contribution in [3.8, 4) is 5.13 Å². The van der Waals surface area contributed by atoms with Gasteiger partial charge in [-0.15, -0.1) is 0 Å². The predicted octanol–water partition coefficient (Wildman–Crippen LogP) is 5.06. The summed E-state index contributed by atoms with van der Waals surface area (Å²) in [5.74, 6) is -0.609. The Morgan fingerprint density at radius 2 is 2.04 bits per heavy atom. The maximum absolute atomic E-state index is 14.6. The third-order valence-corrected chi connectivity index (χ3v) is 6.26. The number of anilines is 1. The molecule has 1 aliphatic rings. The summed E-state index contributed by atoms with van der Waals surface area (Å²) in [7, 11) is 0. The van der Waals surface area contributed by atoms with Gasteiger partial charge in [-0.25, -0.2) is 9.37 Å². The fourth-order valence-corrected chi connectivity index (χ4v) is 4.95. The Balaban J connectivity index is 1.72. The molecule has 0 spiro atoms. The molecule has 5 rings (SSSR count). The lowest BCUT2D eigenvalue weighted by molar-refractivity contribution is -0.116. The SMILES string of the molecule is Cc1nn(-c2nc3ccccc3s2)c2c1[C@@H](c1c(F)cccc1Cl)CC(=O)N2. The standard InChI is InChI=1S/C20H14ClFN4OS/c1-10-17-11(18-12(21)5-4-6-13(18)22)9-16(27)24-19(17)26(25-10)20-23-14-7-2-3-8-15(14)28-20/h2-8,11H,9H2,1H3,(H,24,27)/t11-/m0/s1. The van der Waals surface area contributed by atoms with Crippen molar-refractivity contribution in [3.05, 3.63) is 70.1 Å². The van der Waals surface area contributed by atoms with Crippen molar-refractivity contribution in [2.45, 2.75) is 19.3 Å². The summed E-state index contributed by atoms with van der Waals surface area (Å²) in [6.07, 6.45) is 0.111. The van der Waals surface area contributed by atoms with Gasteiger partial charge in [-0.3, -0.25) is 4.79 Å². The van der Waals surface area contributed by atoms with E-state index < -0.39 is 11.7 Å². The smallest absolute Gasteiger partial charge is 0.226 e. The molecule has 5 nitrogen and oxygen atoms in total. The van der Waals surface area contributed by atoms with E-state index in [2.05, 4.69) is 15.4 Å². The molecule has 2 aromatic carbocycles. The topological polar surface area (TPSA) is 59.8 Å². The Morgan fingerprint density at radius 1 is 1.21 bits per heavy atom. The molecule has 1 atom stereocenters. The third kappa shape index (κ3) is 2.62. The van der Waals surface area contributed by atoms with E-state index >= 15 is 0 Å². The molecule has 1 aliphatic heterocycles. The molecule has 0 aliphatic carbocycles. The Morgan fingerprint density at radius 3 is 2.82 bits per heavy atom. The highest BCUT2D eigenvalue weighted by Crippen LogP contribution is 2.43. The molecule has 0 saturated heterocycles. The van der Waals surface area contributed by atoms with Crippen LogP contribution in [-0.2, 0) is 4.79 Å². The second-order valence-corrected chi connectivity index (χ2v) is 8.08. The van der Waals surface area contributed by atoms with Crippen molar-refractivity contribution in [1.29, 1.82) is 0 Å². The Bertz CT molecular complexity index is 1200. The van der Waals surface area contributed by atoms with Crippen LogP contribution in [0.1, 0.15) is 29.2 Å². The first-order valence-electron chi connectivity index (χ1n) is 8.72. The normalized spacial score (nSPS) is 16.2. The number of halogens is 2. The zero-order valence-corrected chi connectivity index (χ0v) is 16.3. The summed E-state index contributed by atoms with van der Waals surface area (Å²) in [5, 5.41) is 8.45. The number of rotatable bonds is 2. The van der Waals surface area contributed by atoms with Crippen LogP contribution in [-0.4, -0.2) is 20.7 Å². The summed E-state index contributed by atoms with van der Waals surface area (Å²) >= 11 is 7.78. The number of hydrogen-bond donors (Lipinski definition) is 1. The van der Waals surface area contributed by atoms with E-state index in [0.29, 0.717) is 27.2 Å². The van der Waals surface area contributed by atoms with Gasteiger partial charge in [-0.05, 0) is 31.2 Å². The highest BCUT2D eigenvalue weighted by molar-refractivity contribution is 7.20. The minimum atomic E-state index is -0.499. The number of thiazole rings is 1. The number of hydrogen-bond acceptors (Lipinski definition) is 4. The van der Waals surface area contributed by atoms with E-state index in [0.717, 1.165) is 15.8 Å². The lowest BCUT2D eigenvalue weighted by atomic mass is 9.85. The van der Waals surface area contributed by atoms with E-state index in [1.807, 2.05) is 31.2 Å². The Labute approximate surface area is 168 Å². The number of para-hydroxylation sites is 1. The van der Waals surface area contributed by atoms with E-state index in [1.54, 1.807) is 16.8 Å². The van der Waals surface area contributed by atoms with Crippen LogP contribution in [0.4, 0.5) is 10.2 Å². The highest BCUT2D eigenvalue weighted by atomic mass is 35.5. The number of carbonyl (C=O) groups excluding carboxylic acids is 1. The summed E-state index contributed by atoms with van der Waals surface area (Å²) in [5.41, 5.74) is 2.66. The number of carbonyl (C=O) groups is 1. The zero-order chi connectivity index (χ0) is 19.4. The van der Waals surface area contributed by atoms with Gasteiger partial charge in [0.25, 0.3) is 0 Å². The number of amides is 1. The molecular formula is C20H14ClFN4OS. The van der Waals surface area contributed by atoms with Gasteiger partial charge in [-0.2, -0.15) is 9.78 Å². The van der Waals surface area contributed by atoms with Crippen molar-refractivity contribution in [3.63, 3.8) is 0 Å². The number of aryl methyl sites for hydroxylation is 1. The van der Waals surface area contributed by atoms with Crippen LogP contribution in [0.2, 0.25) is 5.02 Å². The molecule has 0 bridgehead atoms. The molecule has 2 aromatic heterocycles. The molecule has 1 amide bonds. The monoisotopic (exact) mass is 412 g/mol. The summed E-state index contributed by atoms with van der Waals surface area (Å²) in [6, 6.07) is 12.3. The summed E-state index contributed by atoms with van der Waals surface area (Å²) in [4.78, 5) is 17.1. The molecule has 8 heteroatoms. The van der Waals surface area contributed by atoms with Gasteiger partial charge in [0.2, 0.25) is 11.0 Å². The van der Waals surface area contributed by atoms with Crippen LogP contribution in [0.25, 0.3) is 15.3 Å². The highest BCUT2D eigenvalue weighted by Gasteiger charge is 2.35. The molecule has 3 heterocycles. The third-order valence-electron chi connectivity index (χ3n) is 4.91. The second kappa shape index (κ2) is 6.39. The minimum absolute atomic E-state index is 0.111. The maximum Gasteiger partial charge on any atom is 0.226 e. The van der Waals surface area contributed by atoms with E-state index in [9.17, 15) is 9.18 Å². The quantitative estimate of drug-likeness (QED) is 0.500. The van der Waals surface area contributed by atoms with E-state index in [1.165, 1.54) is 17.4 Å². The van der Waals surface area contributed by atoms with Crippen LogP contribution in [0.15, 0.2) is 42.5 Å². The van der Waals surface area contributed by atoms with E-state index in [4.69, 9.17) is 11.6 Å². The number of aromatic nitrogens is 3. The zero-order valence-electron chi connectivity index (χ0n) is 14.7. The largest absolute Gasteiger partial charge is 0.310 e. The molecule has 0 fully saturated rings. The van der Waals surface area contributed by atoms with Gasteiger partial charge < -0.3 is 5.32 Å². The molecule has 0 radical (unpaired) electrons. The van der Waals surface area contributed by atoms with Crippen LogP contribution in [0.5, 0.6) is 0 Å². The van der Waals surface area contributed by atoms with Gasteiger partial charge >= 0.3 is 0 Å². The fourth-order valence-electron chi connectivity index (χ4n) is 3.73. The van der Waals surface area contributed by atoms with Crippen molar-refractivity contribution in [2.24, 2.45) is 0 Å². The Hall–Kier alpha value is -2.77. The van der Waals surface area contributed by atoms with Crippen LogP contribution in [0.3, 0.4) is 0 Å². The maximum atomic E-state index is 14.6. The van der Waals surface area contributed by atoms with Crippen molar-refractivity contribution < 1.29 is 9.18 Å². The molecule has 1 N–H and O–H groups in total. The minimum Gasteiger partial charge on any atom is -0.310 e. The van der Waals surface area contributed by atoms with Gasteiger partial charge in [0.15, 0.2) is 0 Å². The van der Waals surface area contributed by atoms with Crippen molar-refractivity contribution in [1.82, 2.24) is 14.8 Å². The molecule has 140 valence electrons. The van der Waals surface area contributed by atoms with E-state index in [-0.39, 0.29) is 12.3 Å². The molecule has 0 unspecified atom stereocenters. The Kier molecular flexibility index (Phi) is 3.96. The van der Waals surface area contributed by atoms with Gasteiger partial charge in [-0.1, -0.05) is 41.1 Å². The van der Waals surface area contributed by atoms with Crippen LogP contribution in [0, 0.1) is 12.7 Å². The van der Waals surface area contributed by atoms with Crippen molar-refractivity contribution >= 4 is 44.9 Å². The van der Waals surface area contributed by atoms with Gasteiger partial charge in [0.1, 0.15) is 11.6 Å². The number of nitrogens with zero attached hydrogens (tertiary/aromatic N) is 3. The average Bonchev–Trinajstić information content (AvgIpc) is 3.22. The first-order chi connectivity index (χ1) is 13.5. The summed E-state index contributed by atoms with van der Waals surface area (Å²) in [6.45, 7) is 1.85. The lowest BCUT2D eigenvalue weighted by Crippen LogP contribution is -2.25. The predicted molar refractivity (Wildman–Crippen MR) is 108 cm³/mol. The molecule has 0 saturated carbocycles. The van der Waals surface area contributed by atoms with Gasteiger partial charge in [0, 0.05) is 28.5 Å². The van der Waals surface area contributed by atoms with Gasteiger partial charge in [0.05, 0.1) is 15.9 Å². The van der Waals surface area contributed by atoms with Crippen LogP contribution >= 0.6 is 22.9 Å². The number of nitrogens with one attached hydrogen (secondary N) is 1. The molecule has 4 aromatic rings. The first kappa shape index (κ1) is 17.3. The van der Waals surface area contributed by atoms with Crippen LogP contribution < -0.4 is 5.32 Å². The lowest BCUT2D eigenvalue weighted by Gasteiger charge is -2.25. The summed E-state index contributed by atoms with van der Waals surface area (Å²) < 4.78 is 17.3.